The van der Waals surface area contributed by atoms with E-state index in [2.05, 4.69) is 5.73 Å². The molecule has 1 fully saturated rings. The predicted molar refractivity (Wildman–Crippen MR) is 93.5 cm³/mol. The first kappa shape index (κ1) is 18.9. The number of benzene rings is 2. The second-order valence-corrected chi connectivity index (χ2v) is 7.34. The van der Waals surface area contributed by atoms with E-state index in [1.54, 1.807) is 0 Å². The summed E-state index contributed by atoms with van der Waals surface area (Å²) in [7, 11) is 0. The molecule has 28 heavy (non-hydrogen) atoms. The van der Waals surface area contributed by atoms with E-state index in [1.165, 1.54) is 24.3 Å². The molecule has 2 bridgehead atoms. The summed E-state index contributed by atoms with van der Waals surface area (Å²) in [6.45, 7) is 0. The van der Waals surface area contributed by atoms with Gasteiger partial charge in [0.15, 0.2) is 0 Å². The van der Waals surface area contributed by atoms with Gasteiger partial charge >= 0.3 is 12.4 Å². The standard InChI is InChI=1S/C22H16F6/c23-21(24,25)17-3-1-15(2-4-17)19-13-14-9-11-20(19,12-10-14)16-5-7-18(8-6-16)22(26,27)28/h1-8H,9-12H2. The molecule has 0 aliphatic heterocycles. The summed E-state index contributed by atoms with van der Waals surface area (Å²) in [6.07, 6.45) is -5.79. The fourth-order valence-electron chi connectivity index (χ4n) is 4.24. The highest BCUT2D eigenvalue weighted by molar-refractivity contribution is 5.77. The highest BCUT2D eigenvalue weighted by Crippen LogP contribution is 2.53. The van der Waals surface area contributed by atoms with Gasteiger partial charge in [-0.25, -0.2) is 0 Å². The van der Waals surface area contributed by atoms with Gasteiger partial charge in [0.2, 0.25) is 0 Å². The number of hydrogen-bond acceptors (Lipinski definition) is 0. The van der Waals surface area contributed by atoms with Crippen LogP contribution in [0.4, 0.5) is 26.3 Å². The van der Waals surface area contributed by atoms with Gasteiger partial charge < -0.3 is 0 Å². The Kier molecular flexibility index (Phi) is 4.23. The molecule has 3 aliphatic rings. The number of halogens is 6. The maximum Gasteiger partial charge on any atom is 0.416 e. The quantitative estimate of drug-likeness (QED) is 0.375. The van der Waals surface area contributed by atoms with Gasteiger partial charge in [0, 0.05) is 11.0 Å². The minimum atomic E-state index is -4.41. The normalized spacial score (nSPS) is 18.6. The topological polar surface area (TPSA) is 0 Å². The lowest BCUT2D eigenvalue weighted by atomic mass is 9.59. The third kappa shape index (κ3) is 3.16. The molecule has 0 heterocycles. The molecule has 0 atom stereocenters. The molecular formula is C22H16F6. The lowest BCUT2D eigenvalue weighted by molar-refractivity contribution is -0.138. The van der Waals surface area contributed by atoms with Crippen LogP contribution < -0.4 is 0 Å². The summed E-state index contributed by atoms with van der Waals surface area (Å²) in [4.78, 5) is 0. The van der Waals surface area contributed by atoms with E-state index in [9.17, 15) is 26.3 Å². The van der Waals surface area contributed by atoms with E-state index < -0.39 is 28.9 Å². The molecule has 0 spiro atoms. The molecule has 2 aromatic rings. The summed E-state index contributed by atoms with van der Waals surface area (Å²) in [5.41, 5.74) is 4.65. The zero-order valence-corrected chi connectivity index (χ0v) is 14.7. The van der Waals surface area contributed by atoms with Gasteiger partial charge in [0.05, 0.1) is 11.1 Å². The Morgan fingerprint density at radius 2 is 1.14 bits per heavy atom. The van der Waals surface area contributed by atoms with Crippen molar-refractivity contribution in [3.05, 3.63) is 82.1 Å². The molecule has 0 unspecified atom stereocenters. The zero-order chi connectivity index (χ0) is 20.2. The van der Waals surface area contributed by atoms with Gasteiger partial charge in [-0.15, -0.1) is 5.73 Å². The fraction of sp³-hybridized carbons (Fsp3) is 0.318. The van der Waals surface area contributed by atoms with Crippen LogP contribution in [0, 0.1) is 0 Å². The molecule has 0 radical (unpaired) electrons. The van der Waals surface area contributed by atoms with Crippen LogP contribution >= 0.6 is 0 Å². The Balaban J connectivity index is 1.77. The summed E-state index contributed by atoms with van der Waals surface area (Å²) in [5, 5.41) is 0. The number of alkyl halides is 6. The van der Waals surface area contributed by atoms with Crippen LogP contribution in [-0.2, 0) is 17.8 Å². The summed E-state index contributed by atoms with van der Waals surface area (Å²) >= 11 is 0. The smallest absolute Gasteiger partial charge is 0.166 e. The number of fused-ring (bicyclic) bond motifs is 2. The second kappa shape index (κ2) is 6.28. The first-order chi connectivity index (χ1) is 13.1. The van der Waals surface area contributed by atoms with Gasteiger partial charge in [-0.3, -0.25) is 0 Å². The molecule has 146 valence electrons. The molecule has 3 aliphatic carbocycles. The Morgan fingerprint density at radius 3 is 1.61 bits per heavy atom. The highest BCUT2D eigenvalue weighted by atomic mass is 19.4. The van der Waals surface area contributed by atoms with E-state index in [1.807, 2.05) is 0 Å². The fourth-order valence-corrected chi connectivity index (χ4v) is 4.24. The van der Waals surface area contributed by atoms with Gasteiger partial charge in [-0.1, -0.05) is 24.3 Å². The number of allylic oxidation sites excluding steroid dienone is 1. The average molecular weight is 394 g/mol. The van der Waals surface area contributed by atoms with E-state index in [-0.39, 0.29) is 0 Å². The van der Waals surface area contributed by atoms with Gasteiger partial charge in [0.1, 0.15) is 0 Å². The predicted octanol–water partition coefficient (Wildman–Crippen LogP) is 7.16. The van der Waals surface area contributed by atoms with Crippen molar-refractivity contribution in [2.24, 2.45) is 0 Å². The van der Waals surface area contributed by atoms with Gasteiger partial charge in [-0.05, 0) is 66.6 Å². The van der Waals surface area contributed by atoms with Crippen LogP contribution in [0.3, 0.4) is 0 Å². The molecule has 1 saturated carbocycles. The summed E-state index contributed by atoms with van der Waals surface area (Å²) < 4.78 is 77.3. The van der Waals surface area contributed by atoms with E-state index >= 15 is 0 Å². The largest absolute Gasteiger partial charge is 0.416 e. The van der Waals surface area contributed by atoms with Crippen LogP contribution in [0.15, 0.2) is 59.8 Å². The molecule has 0 saturated heterocycles. The Bertz CT molecular complexity index is 942. The van der Waals surface area contributed by atoms with Crippen molar-refractivity contribution in [3.8, 4) is 0 Å². The van der Waals surface area contributed by atoms with Crippen molar-refractivity contribution in [2.45, 2.75) is 43.5 Å². The van der Waals surface area contributed by atoms with Gasteiger partial charge in [0.25, 0.3) is 0 Å². The molecule has 0 nitrogen and oxygen atoms in total. The first-order valence-corrected chi connectivity index (χ1v) is 8.94. The highest BCUT2D eigenvalue weighted by Gasteiger charge is 2.43. The molecule has 0 amide bonds. The molecule has 6 heteroatoms. The lowest BCUT2D eigenvalue weighted by Crippen LogP contribution is -2.33. The molecule has 2 aromatic carbocycles. The third-order valence-corrected chi connectivity index (χ3v) is 5.75. The monoisotopic (exact) mass is 394 g/mol. The maximum absolute atomic E-state index is 12.9. The van der Waals surface area contributed by atoms with Crippen molar-refractivity contribution in [3.63, 3.8) is 0 Å². The Labute approximate surface area is 158 Å². The van der Waals surface area contributed by atoms with Crippen molar-refractivity contribution < 1.29 is 26.3 Å². The third-order valence-electron chi connectivity index (χ3n) is 5.75. The lowest BCUT2D eigenvalue weighted by Gasteiger charge is -2.43. The molecule has 0 aromatic heterocycles. The minimum absolute atomic E-state index is 0.522. The Morgan fingerprint density at radius 1 is 0.679 bits per heavy atom. The van der Waals surface area contributed by atoms with E-state index in [0.29, 0.717) is 5.56 Å². The first-order valence-electron chi connectivity index (χ1n) is 8.94. The number of hydrogen-bond donors (Lipinski definition) is 0. The van der Waals surface area contributed by atoms with Gasteiger partial charge in [-0.2, -0.15) is 26.3 Å². The van der Waals surface area contributed by atoms with Crippen LogP contribution in [0.25, 0.3) is 5.57 Å². The summed E-state index contributed by atoms with van der Waals surface area (Å²) in [5.74, 6) is 0. The zero-order valence-electron chi connectivity index (χ0n) is 14.7. The van der Waals surface area contributed by atoms with E-state index in [4.69, 9.17) is 0 Å². The summed E-state index contributed by atoms with van der Waals surface area (Å²) in [6, 6.07) is 10.1. The van der Waals surface area contributed by atoms with Crippen molar-refractivity contribution >= 4 is 5.57 Å². The molecular weight excluding hydrogens is 378 g/mol. The molecule has 0 N–H and O–H groups in total. The van der Waals surface area contributed by atoms with Crippen LogP contribution in [-0.4, -0.2) is 0 Å². The van der Waals surface area contributed by atoms with Crippen LogP contribution in [0.5, 0.6) is 0 Å². The van der Waals surface area contributed by atoms with E-state index in [0.717, 1.165) is 66.7 Å². The number of rotatable bonds is 2. The average Bonchev–Trinajstić information content (AvgIpc) is 2.67. The van der Waals surface area contributed by atoms with Crippen molar-refractivity contribution in [2.75, 3.05) is 0 Å². The second-order valence-electron chi connectivity index (χ2n) is 7.34. The van der Waals surface area contributed by atoms with Crippen LogP contribution in [0.1, 0.15) is 47.9 Å². The van der Waals surface area contributed by atoms with Crippen LogP contribution in [0.2, 0.25) is 0 Å². The molecule has 5 rings (SSSR count). The minimum Gasteiger partial charge on any atom is -0.166 e. The SMILES string of the molecule is FC(F)(F)c1ccc(C2=C=C3CCC2(c2ccc(C(F)(F)F)cc2)CC3)cc1. The van der Waals surface area contributed by atoms with Crippen molar-refractivity contribution in [1.82, 2.24) is 0 Å². The maximum atomic E-state index is 12.9. The van der Waals surface area contributed by atoms with Crippen molar-refractivity contribution in [1.29, 1.82) is 0 Å². The Hall–Kier alpha value is -2.46.